The van der Waals surface area contributed by atoms with E-state index in [2.05, 4.69) is 5.32 Å². The Morgan fingerprint density at radius 3 is 2.43 bits per heavy atom. The van der Waals surface area contributed by atoms with E-state index in [0.29, 0.717) is 20.7 Å². The maximum absolute atomic E-state index is 13.1. The molecule has 0 atom stereocenters. The Balaban J connectivity index is 1.38. The number of anilines is 2. The van der Waals surface area contributed by atoms with Gasteiger partial charge in [0.05, 0.1) is 21.8 Å². The zero-order valence-corrected chi connectivity index (χ0v) is 21.4. The number of nitrogens with zero attached hydrogens (tertiary/aromatic N) is 1. The third-order valence-electron chi connectivity index (χ3n) is 5.60. The van der Waals surface area contributed by atoms with Crippen LogP contribution in [0.1, 0.15) is 22.3 Å². The van der Waals surface area contributed by atoms with Crippen LogP contribution in [0.25, 0.3) is 6.08 Å². The normalized spacial score (nSPS) is 14.8. The SMILES string of the molecule is Cc1ccc(N2C(=O)/C(=C/c3ccc(OCC(=O)Nc4ccccc4C(F)(F)F)cc3)SC2=S)cc1C. The molecule has 0 saturated carbocycles. The van der Waals surface area contributed by atoms with Crippen LogP contribution >= 0.6 is 24.0 Å². The first-order valence-electron chi connectivity index (χ1n) is 11.1. The molecule has 1 fully saturated rings. The van der Waals surface area contributed by atoms with Crippen LogP contribution in [-0.2, 0) is 15.8 Å². The Labute approximate surface area is 221 Å². The van der Waals surface area contributed by atoms with Crippen molar-refractivity contribution in [1.82, 2.24) is 0 Å². The number of carbonyl (C=O) groups is 2. The topological polar surface area (TPSA) is 58.6 Å². The number of hydrogen-bond donors (Lipinski definition) is 1. The molecular formula is C27H21F3N2O3S2. The van der Waals surface area contributed by atoms with Crippen LogP contribution < -0.4 is 15.0 Å². The summed E-state index contributed by atoms with van der Waals surface area (Å²) < 4.78 is 45.1. The molecule has 0 bridgehead atoms. The zero-order valence-electron chi connectivity index (χ0n) is 19.8. The molecule has 3 aromatic rings. The molecule has 0 aliphatic carbocycles. The molecule has 1 aliphatic rings. The summed E-state index contributed by atoms with van der Waals surface area (Å²) in [7, 11) is 0. The third-order valence-corrected chi connectivity index (χ3v) is 6.90. The number of amides is 2. The molecule has 1 N–H and O–H groups in total. The van der Waals surface area contributed by atoms with Gasteiger partial charge in [-0.25, -0.2) is 0 Å². The number of aryl methyl sites for hydroxylation is 2. The van der Waals surface area contributed by atoms with Crippen molar-refractivity contribution in [3.05, 3.63) is 93.9 Å². The van der Waals surface area contributed by atoms with Crippen molar-refractivity contribution in [2.24, 2.45) is 0 Å². The minimum absolute atomic E-state index is 0.214. The van der Waals surface area contributed by atoms with Crippen LogP contribution in [0.2, 0.25) is 0 Å². The van der Waals surface area contributed by atoms with Gasteiger partial charge >= 0.3 is 6.18 Å². The molecule has 3 aromatic carbocycles. The van der Waals surface area contributed by atoms with Crippen molar-refractivity contribution in [1.29, 1.82) is 0 Å². The number of thioether (sulfide) groups is 1. The lowest BCUT2D eigenvalue weighted by atomic mass is 10.1. The lowest BCUT2D eigenvalue weighted by Crippen LogP contribution is -2.27. The Kier molecular flexibility index (Phi) is 7.70. The fraction of sp³-hybridized carbons (Fsp3) is 0.148. The molecule has 5 nitrogen and oxygen atoms in total. The number of ether oxygens (including phenoxy) is 1. The standard InChI is InChI=1S/C27H21F3N2O3S2/c1-16-7-10-19(13-17(16)2)32-25(34)23(37-26(32)36)14-18-8-11-20(12-9-18)35-15-24(33)31-22-6-4-3-5-21(22)27(28,29)30/h3-14H,15H2,1-2H3,(H,31,33)/b23-14-. The molecule has 37 heavy (non-hydrogen) atoms. The van der Waals surface area contributed by atoms with Gasteiger partial charge in [0.2, 0.25) is 0 Å². The molecule has 0 aromatic heterocycles. The van der Waals surface area contributed by atoms with Crippen molar-refractivity contribution >= 4 is 57.6 Å². The van der Waals surface area contributed by atoms with E-state index in [1.165, 1.54) is 34.9 Å². The molecule has 1 aliphatic heterocycles. The number of alkyl halides is 3. The van der Waals surface area contributed by atoms with Crippen LogP contribution in [0.4, 0.5) is 24.5 Å². The highest BCUT2D eigenvalue weighted by Gasteiger charge is 2.34. The Morgan fingerprint density at radius 1 is 1.05 bits per heavy atom. The summed E-state index contributed by atoms with van der Waals surface area (Å²) in [5, 5.41) is 2.23. The smallest absolute Gasteiger partial charge is 0.418 e. The Morgan fingerprint density at radius 2 is 1.76 bits per heavy atom. The molecule has 1 saturated heterocycles. The van der Waals surface area contributed by atoms with Crippen molar-refractivity contribution in [2.75, 3.05) is 16.8 Å². The highest BCUT2D eigenvalue weighted by atomic mass is 32.2. The molecule has 10 heteroatoms. The molecule has 190 valence electrons. The fourth-order valence-corrected chi connectivity index (χ4v) is 4.84. The van der Waals surface area contributed by atoms with Crippen LogP contribution in [0.3, 0.4) is 0 Å². The first-order chi connectivity index (χ1) is 17.5. The molecule has 1 heterocycles. The van der Waals surface area contributed by atoms with Gasteiger partial charge in [0.15, 0.2) is 10.9 Å². The lowest BCUT2D eigenvalue weighted by molar-refractivity contribution is -0.137. The van der Waals surface area contributed by atoms with Crippen molar-refractivity contribution in [3.63, 3.8) is 0 Å². The Bertz CT molecular complexity index is 1400. The summed E-state index contributed by atoms with van der Waals surface area (Å²) in [6.45, 7) is 3.50. The number of nitrogens with one attached hydrogen (secondary N) is 1. The molecule has 4 rings (SSSR count). The Hall–Kier alpha value is -3.63. The van der Waals surface area contributed by atoms with Gasteiger partial charge < -0.3 is 10.1 Å². The van der Waals surface area contributed by atoms with E-state index in [4.69, 9.17) is 17.0 Å². The number of carbonyl (C=O) groups excluding carboxylic acids is 2. The van der Waals surface area contributed by atoms with Gasteiger partial charge in [-0.05, 0) is 73.0 Å². The number of thiocarbonyl (C=S) groups is 1. The maximum Gasteiger partial charge on any atom is 0.418 e. The van der Waals surface area contributed by atoms with E-state index in [-0.39, 0.29) is 11.6 Å². The van der Waals surface area contributed by atoms with Crippen molar-refractivity contribution in [2.45, 2.75) is 20.0 Å². The molecule has 2 amide bonds. The number of hydrogen-bond acceptors (Lipinski definition) is 5. The number of benzene rings is 3. The van der Waals surface area contributed by atoms with E-state index in [1.54, 1.807) is 30.3 Å². The van der Waals surface area contributed by atoms with Gasteiger partial charge in [0.1, 0.15) is 5.75 Å². The number of halogens is 3. The highest BCUT2D eigenvalue weighted by Crippen LogP contribution is 2.37. The average molecular weight is 543 g/mol. The predicted octanol–water partition coefficient (Wildman–Crippen LogP) is 6.75. The summed E-state index contributed by atoms with van der Waals surface area (Å²) in [5.74, 6) is -0.593. The highest BCUT2D eigenvalue weighted by molar-refractivity contribution is 8.27. The summed E-state index contributed by atoms with van der Waals surface area (Å²) in [5.41, 5.74) is 2.35. The molecule has 0 spiro atoms. The van der Waals surface area contributed by atoms with E-state index >= 15 is 0 Å². The first-order valence-corrected chi connectivity index (χ1v) is 12.3. The quantitative estimate of drug-likeness (QED) is 0.276. The molecule has 0 unspecified atom stereocenters. The zero-order chi connectivity index (χ0) is 26.7. The van der Waals surface area contributed by atoms with Crippen molar-refractivity contribution in [3.8, 4) is 5.75 Å². The first kappa shape index (κ1) is 26.4. The van der Waals surface area contributed by atoms with Gasteiger partial charge in [0.25, 0.3) is 11.8 Å². The largest absolute Gasteiger partial charge is 0.484 e. The van der Waals surface area contributed by atoms with Gasteiger partial charge in [-0.15, -0.1) is 0 Å². The van der Waals surface area contributed by atoms with E-state index in [1.807, 2.05) is 32.0 Å². The van der Waals surface area contributed by atoms with E-state index in [9.17, 15) is 22.8 Å². The van der Waals surface area contributed by atoms with Gasteiger partial charge in [-0.1, -0.05) is 54.3 Å². The van der Waals surface area contributed by atoms with Crippen LogP contribution in [0.15, 0.2) is 71.6 Å². The summed E-state index contributed by atoms with van der Waals surface area (Å²) in [4.78, 5) is 27.1. The summed E-state index contributed by atoms with van der Waals surface area (Å²) in [6, 6.07) is 17.1. The second-order valence-corrected chi connectivity index (χ2v) is 9.91. The van der Waals surface area contributed by atoms with Crippen molar-refractivity contribution < 1.29 is 27.5 Å². The average Bonchev–Trinajstić information content (AvgIpc) is 3.12. The van der Waals surface area contributed by atoms with Gasteiger partial charge in [0, 0.05) is 0 Å². The predicted molar refractivity (Wildman–Crippen MR) is 144 cm³/mol. The van der Waals surface area contributed by atoms with Gasteiger partial charge in [-0.3, -0.25) is 14.5 Å². The van der Waals surface area contributed by atoms with Gasteiger partial charge in [-0.2, -0.15) is 13.2 Å². The minimum Gasteiger partial charge on any atom is -0.484 e. The summed E-state index contributed by atoms with van der Waals surface area (Å²) >= 11 is 6.64. The van der Waals surface area contributed by atoms with Crippen LogP contribution in [-0.4, -0.2) is 22.7 Å². The fourth-order valence-electron chi connectivity index (χ4n) is 3.54. The maximum atomic E-state index is 13.1. The van der Waals surface area contributed by atoms with E-state index in [0.717, 1.165) is 22.8 Å². The number of para-hydroxylation sites is 1. The van der Waals surface area contributed by atoms with Crippen LogP contribution in [0, 0.1) is 13.8 Å². The molecule has 0 radical (unpaired) electrons. The lowest BCUT2D eigenvalue weighted by Gasteiger charge is -2.15. The third kappa shape index (κ3) is 6.20. The molecular weight excluding hydrogens is 521 g/mol. The summed E-state index contributed by atoms with van der Waals surface area (Å²) in [6.07, 6.45) is -2.88. The number of rotatable bonds is 6. The minimum atomic E-state index is -4.59. The van der Waals surface area contributed by atoms with Crippen LogP contribution in [0.5, 0.6) is 5.75 Å². The second kappa shape index (κ2) is 10.8. The van der Waals surface area contributed by atoms with E-state index < -0.39 is 24.3 Å². The monoisotopic (exact) mass is 542 g/mol. The second-order valence-electron chi connectivity index (χ2n) is 8.23.